The molecule has 11 N–H and O–H groups in total. The molecule has 4 atom stereocenters. The van der Waals surface area contributed by atoms with Gasteiger partial charge in [0, 0.05) is 12.2 Å². The van der Waals surface area contributed by atoms with E-state index < -0.39 is 72.7 Å². The Labute approximate surface area is 176 Å². The predicted molar refractivity (Wildman–Crippen MR) is 105 cm³/mol. The second-order valence-electron chi connectivity index (χ2n) is 6.17. The highest BCUT2D eigenvalue weighted by Gasteiger charge is 2.31. The Hall–Kier alpha value is -2.91. The minimum Gasteiger partial charge on any atom is -0.480 e. The molecule has 0 aromatic heterocycles. The molecule has 30 heavy (non-hydrogen) atoms. The number of nitrogens with one attached hydrogen (secondary N) is 3. The molecule has 0 aromatic carbocycles. The molecule has 0 saturated heterocycles. The second-order valence-corrected chi connectivity index (χ2v) is 6.53. The van der Waals surface area contributed by atoms with Gasteiger partial charge in [0.1, 0.15) is 18.1 Å². The Balaban J connectivity index is 5.27. The van der Waals surface area contributed by atoms with E-state index in [-0.39, 0.29) is 18.6 Å². The standard InChI is InChI=1S/C15H26N6O8S/c16-6(5-30)12(25)21-9(4-22)14(27)20-8(3-11(18)24)13(26)19-7(15(28)29)1-2-10(17)23/h6-9,22,30H,1-5,16H2,(H2,17,23)(H2,18,24)(H,19,26)(H,20,27)(H,21,25)(H,28,29). The van der Waals surface area contributed by atoms with Crippen LogP contribution in [-0.4, -0.2) is 82.2 Å². The molecular weight excluding hydrogens is 424 g/mol. The third kappa shape index (κ3) is 10.0. The van der Waals surface area contributed by atoms with Gasteiger partial charge in [-0.3, -0.25) is 24.0 Å². The number of hydrogen-bond acceptors (Lipinski definition) is 9. The summed E-state index contributed by atoms with van der Waals surface area (Å²) in [6.07, 6.45) is -1.37. The van der Waals surface area contributed by atoms with Gasteiger partial charge in [-0.15, -0.1) is 0 Å². The number of hydrogen-bond donors (Lipinski definition) is 9. The van der Waals surface area contributed by atoms with Gasteiger partial charge < -0.3 is 43.4 Å². The van der Waals surface area contributed by atoms with Gasteiger partial charge in [-0.2, -0.15) is 12.6 Å². The van der Waals surface area contributed by atoms with Crippen molar-refractivity contribution in [3.05, 3.63) is 0 Å². The van der Waals surface area contributed by atoms with Crippen LogP contribution in [-0.2, 0) is 28.8 Å². The van der Waals surface area contributed by atoms with Crippen LogP contribution in [0.2, 0.25) is 0 Å². The maximum atomic E-state index is 12.4. The molecule has 5 amide bonds. The molecule has 14 nitrogen and oxygen atoms in total. The zero-order chi connectivity index (χ0) is 23.4. The second kappa shape index (κ2) is 13.3. The van der Waals surface area contributed by atoms with Crippen LogP contribution in [0.4, 0.5) is 0 Å². The number of carbonyl (C=O) groups excluding carboxylic acids is 5. The van der Waals surface area contributed by atoms with Crippen LogP contribution in [0.25, 0.3) is 0 Å². The molecule has 0 aromatic rings. The molecule has 0 aliphatic rings. The number of carbonyl (C=O) groups is 6. The number of carboxylic acid groups (broad SMARTS) is 1. The van der Waals surface area contributed by atoms with Crippen LogP contribution in [0, 0.1) is 0 Å². The highest BCUT2D eigenvalue weighted by Crippen LogP contribution is 2.01. The first-order valence-corrected chi connectivity index (χ1v) is 9.23. The van der Waals surface area contributed by atoms with E-state index in [1.165, 1.54) is 0 Å². The van der Waals surface area contributed by atoms with E-state index >= 15 is 0 Å². The lowest BCUT2D eigenvalue weighted by atomic mass is 10.1. The summed E-state index contributed by atoms with van der Waals surface area (Å²) >= 11 is 3.83. The fraction of sp³-hybridized carbons (Fsp3) is 0.600. The average molecular weight is 450 g/mol. The molecule has 0 rings (SSSR count). The third-order valence-corrected chi connectivity index (χ3v) is 4.07. The van der Waals surface area contributed by atoms with Crippen molar-refractivity contribution in [2.24, 2.45) is 17.2 Å². The number of aliphatic hydroxyl groups excluding tert-OH is 1. The normalized spacial score (nSPS) is 14.5. The molecular formula is C15H26N6O8S. The van der Waals surface area contributed by atoms with E-state index in [2.05, 4.69) is 28.6 Å². The van der Waals surface area contributed by atoms with Gasteiger partial charge in [0.2, 0.25) is 29.5 Å². The minimum absolute atomic E-state index is 0.0415. The Bertz CT molecular complexity index is 676. The predicted octanol–water partition coefficient (Wildman–Crippen LogP) is -5.08. The van der Waals surface area contributed by atoms with Crippen molar-refractivity contribution in [2.45, 2.75) is 43.4 Å². The van der Waals surface area contributed by atoms with E-state index in [0.29, 0.717) is 0 Å². The zero-order valence-electron chi connectivity index (χ0n) is 15.9. The van der Waals surface area contributed by atoms with E-state index in [1.807, 2.05) is 0 Å². The van der Waals surface area contributed by atoms with Crippen LogP contribution < -0.4 is 33.2 Å². The van der Waals surface area contributed by atoms with Gasteiger partial charge in [-0.1, -0.05) is 0 Å². The SMILES string of the molecule is NC(=O)CCC(NC(=O)C(CC(N)=O)NC(=O)C(CO)NC(=O)C(N)CS)C(=O)O. The fourth-order valence-electron chi connectivity index (χ4n) is 2.05. The van der Waals surface area contributed by atoms with Crippen LogP contribution in [0.3, 0.4) is 0 Å². The van der Waals surface area contributed by atoms with Crippen LogP contribution in [0.15, 0.2) is 0 Å². The quantitative estimate of drug-likeness (QED) is 0.114. The number of primary amides is 2. The van der Waals surface area contributed by atoms with Gasteiger partial charge in [0.05, 0.1) is 19.1 Å². The summed E-state index contributed by atoms with van der Waals surface area (Å²) in [4.78, 5) is 69.7. The van der Waals surface area contributed by atoms with Crippen molar-refractivity contribution >= 4 is 48.1 Å². The molecule has 0 aliphatic carbocycles. The third-order valence-electron chi connectivity index (χ3n) is 3.68. The van der Waals surface area contributed by atoms with Crippen molar-refractivity contribution in [3.63, 3.8) is 0 Å². The van der Waals surface area contributed by atoms with Crippen LogP contribution >= 0.6 is 12.6 Å². The van der Waals surface area contributed by atoms with Gasteiger partial charge in [-0.05, 0) is 6.42 Å². The van der Waals surface area contributed by atoms with E-state index in [0.717, 1.165) is 0 Å². The van der Waals surface area contributed by atoms with Crippen molar-refractivity contribution in [3.8, 4) is 0 Å². The molecule has 0 spiro atoms. The first kappa shape index (κ1) is 27.1. The monoisotopic (exact) mass is 450 g/mol. The summed E-state index contributed by atoms with van der Waals surface area (Å²) in [5, 5.41) is 24.8. The largest absolute Gasteiger partial charge is 0.480 e. The summed E-state index contributed by atoms with van der Waals surface area (Å²) in [6, 6.07) is -5.73. The zero-order valence-corrected chi connectivity index (χ0v) is 16.8. The lowest BCUT2D eigenvalue weighted by Gasteiger charge is -2.23. The molecule has 0 bridgehead atoms. The highest BCUT2D eigenvalue weighted by atomic mass is 32.1. The smallest absolute Gasteiger partial charge is 0.326 e. The summed E-state index contributed by atoms with van der Waals surface area (Å²) in [5.74, 6) is -6.25. The maximum Gasteiger partial charge on any atom is 0.326 e. The molecule has 0 aliphatic heterocycles. The van der Waals surface area contributed by atoms with Crippen molar-refractivity contribution in [1.82, 2.24) is 16.0 Å². The Morgan fingerprint density at radius 1 is 0.833 bits per heavy atom. The topological polar surface area (TPSA) is 257 Å². The number of carboxylic acids is 1. The average Bonchev–Trinajstić information content (AvgIpc) is 2.66. The van der Waals surface area contributed by atoms with Crippen LogP contribution in [0.5, 0.6) is 0 Å². The van der Waals surface area contributed by atoms with Crippen LogP contribution in [0.1, 0.15) is 19.3 Å². The lowest BCUT2D eigenvalue weighted by molar-refractivity contribution is -0.142. The maximum absolute atomic E-state index is 12.4. The number of rotatable bonds is 14. The molecule has 4 unspecified atom stereocenters. The summed E-state index contributed by atoms with van der Waals surface area (Å²) in [7, 11) is 0. The molecule has 170 valence electrons. The van der Waals surface area contributed by atoms with E-state index in [4.69, 9.17) is 22.3 Å². The Kier molecular flexibility index (Phi) is 12.0. The number of thiol groups is 1. The number of aliphatic hydroxyl groups is 1. The summed E-state index contributed by atoms with van der Waals surface area (Å²) in [6.45, 7) is -0.863. The van der Waals surface area contributed by atoms with Gasteiger partial charge in [0.15, 0.2) is 0 Å². The molecule has 0 heterocycles. The summed E-state index contributed by atoms with van der Waals surface area (Å²) < 4.78 is 0. The minimum atomic E-state index is -1.62. The first-order valence-electron chi connectivity index (χ1n) is 8.60. The number of amides is 5. The Morgan fingerprint density at radius 3 is 1.77 bits per heavy atom. The van der Waals surface area contributed by atoms with Crippen molar-refractivity contribution < 1.29 is 39.0 Å². The van der Waals surface area contributed by atoms with E-state index in [1.54, 1.807) is 0 Å². The number of nitrogens with two attached hydrogens (primary N) is 3. The Morgan fingerprint density at radius 2 is 1.33 bits per heavy atom. The fourth-order valence-corrected chi connectivity index (χ4v) is 2.22. The van der Waals surface area contributed by atoms with Crippen molar-refractivity contribution in [1.29, 1.82) is 0 Å². The molecule has 15 heteroatoms. The highest BCUT2D eigenvalue weighted by molar-refractivity contribution is 7.80. The number of aliphatic carboxylic acids is 1. The first-order chi connectivity index (χ1) is 13.9. The van der Waals surface area contributed by atoms with E-state index in [9.17, 15) is 33.9 Å². The van der Waals surface area contributed by atoms with Crippen molar-refractivity contribution in [2.75, 3.05) is 12.4 Å². The molecule has 0 fully saturated rings. The molecule has 0 saturated carbocycles. The lowest BCUT2D eigenvalue weighted by Crippen LogP contribution is -2.58. The molecule has 0 radical (unpaired) electrons. The van der Waals surface area contributed by atoms with Gasteiger partial charge in [0.25, 0.3) is 0 Å². The van der Waals surface area contributed by atoms with Gasteiger partial charge in [-0.25, -0.2) is 4.79 Å². The summed E-state index contributed by atoms with van der Waals surface area (Å²) in [5.41, 5.74) is 15.5. The van der Waals surface area contributed by atoms with Gasteiger partial charge >= 0.3 is 5.97 Å².